The van der Waals surface area contributed by atoms with Gasteiger partial charge in [-0.2, -0.15) is 0 Å². The lowest BCUT2D eigenvalue weighted by atomic mass is 10.2. The number of aryl methyl sites for hydroxylation is 1. The summed E-state index contributed by atoms with van der Waals surface area (Å²) in [6.45, 7) is 1.52. The Morgan fingerprint density at radius 3 is 2.71 bits per heavy atom. The van der Waals surface area contributed by atoms with Gasteiger partial charge in [0.05, 0.1) is 11.0 Å². The number of halogens is 1. The van der Waals surface area contributed by atoms with Crippen molar-refractivity contribution in [3.05, 3.63) is 54.3 Å². The summed E-state index contributed by atoms with van der Waals surface area (Å²) in [6, 6.07) is 14.6. The number of nitrogens with two attached hydrogens (primary N) is 1. The van der Waals surface area contributed by atoms with E-state index in [1.807, 2.05) is 30.3 Å². The molecule has 0 aliphatic heterocycles. The monoisotopic (exact) mass is 283 g/mol. The van der Waals surface area contributed by atoms with Crippen LogP contribution in [0.2, 0.25) is 0 Å². The van der Waals surface area contributed by atoms with Crippen LogP contribution in [0.25, 0.3) is 22.4 Å². The first-order chi connectivity index (χ1) is 10.3. The lowest BCUT2D eigenvalue weighted by Crippen LogP contribution is -2.04. The summed E-state index contributed by atoms with van der Waals surface area (Å²) < 4.78 is 15.6. The predicted octanol–water partition coefficient (Wildman–Crippen LogP) is 3.58. The number of aromatic nitrogens is 2. The number of fused-ring (bicyclic) bond motifs is 1. The molecule has 0 saturated carbocycles. The summed E-state index contributed by atoms with van der Waals surface area (Å²) in [6.07, 6.45) is 1.95. The first-order valence-corrected chi connectivity index (χ1v) is 7.21. The maximum absolute atomic E-state index is 13.5. The Bertz CT molecular complexity index is 749. The van der Waals surface area contributed by atoms with Crippen LogP contribution in [0.1, 0.15) is 12.8 Å². The largest absolute Gasteiger partial charge is 0.330 e. The van der Waals surface area contributed by atoms with Crippen molar-refractivity contribution in [3.8, 4) is 11.4 Å². The van der Waals surface area contributed by atoms with Crippen LogP contribution in [-0.4, -0.2) is 16.1 Å². The van der Waals surface area contributed by atoms with Crippen molar-refractivity contribution >= 4 is 11.0 Å². The van der Waals surface area contributed by atoms with Gasteiger partial charge in [0.25, 0.3) is 0 Å². The predicted molar refractivity (Wildman–Crippen MR) is 83.4 cm³/mol. The van der Waals surface area contributed by atoms with Crippen LogP contribution in [-0.2, 0) is 6.54 Å². The summed E-state index contributed by atoms with van der Waals surface area (Å²) in [5, 5.41) is 0. The zero-order valence-electron chi connectivity index (χ0n) is 11.8. The molecule has 0 aliphatic carbocycles. The average Bonchev–Trinajstić information content (AvgIpc) is 2.87. The molecule has 0 radical (unpaired) electrons. The van der Waals surface area contributed by atoms with Crippen molar-refractivity contribution in [3.63, 3.8) is 0 Å². The standard InChI is InChI=1S/C17H18FN3/c18-14-7-5-6-13(12-14)17-20-15-8-1-2-9-16(15)21(17)11-4-3-10-19/h1-2,5-9,12H,3-4,10-11,19H2. The molecule has 2 aromatic carbocycles. The second-order valence-electron chi connectivity index (χ2n) is 5.08. The molecular formula is C17H18FN3. The van der Waals surface area contributed by atoms with Crippen LogP contribution in [0.3, 0.4) is 0 Å². The van der Waals surface area contributed by atoms with E-state index in [0.29, 0.717) is 6.54 Å². The zero-order valence-corrected chi connectivity index (χ0v) is 11.8. The number of hydrogen-bond acceptors (Lipinski definition) is 2. The molecule has 1 aromatic heterocycles. The third-order valence-corrected chi connectivity index (χ3v) is 3.57. The molecule has 0 unspecified atom stereocenters. The Balaban J connectivity index is 2.09. The maximum Gasteiger partial charge on any atom is 0.141 e. The van der Waals surface area contributed by atoms with Gasteiger partial charge in [0.15, 0.2) is 0 Å². The average molecular weight is 283 g/mol. The second kappa shape index (κ2) is 6.06. The van der Waals surface area contributed by atoms with Gasteiger partial charge in [0, 0.05) is 12.1 Å². The molecule has 21 heavy (non-hydrogen) atoms. The number of rotatable bonds is 5. The van der Waals surface area contributed by atoms with Crippen molar-refractivity contribution in [1.29, 1.82) is 0 Å². The Labute approximate surface area is 123 Å². The number of imidazole rings is 1. The SMILES string of the molecule is NCCCCn1c(-c2cccc(F)c2)nc2ccccc21. The number of nitrogens with zero attached hydrogens (tertiary/aromatic N) is 2. The first kappa shape index (κ1) is 13.8. The van der Waals surface area contributed by atoms with Crippen molar-refractivity contribution in [2.45, 2.75) is 19.4 Å². The Morgan fingerprint density at radius 2 is 1.90 bits per heavy atom. The Kier molecular flexibility index (Phi) is 3.97. The first-order valence-electron chi connectivity index (χ1n) is 7.21. The minimum atomic E-state index is -0.243. The highest BCUT2D eigenvalue weighted by Crippen LogP contribution is 2.25. The van der Waals surface area contributed by atoms with Crippen LogP contribution in [0, 0.1) is 5.82 Å². The molecule has 3 rings (SSSR count). The van der Waals surface area contributed by atoms with Crippen LogP contribution in [0.4, 0.5) is 4.39 Å². The van der Waals surface area contributed by atoms with E-state index in [9.17, 15) is 4.39 Å². The molecule has 3 nitrogen and oxygen atoms in total. The minimum absolute atomic E-state index is 0.243. The highest BCUT2D eigenvalue weighted by atomic mass is 19.1. The van der Waals surface area contributed by atoms with Crippen molar-refractivity contribution < 1.29 is 4.39 Å². The van der Waals surface area contributed by atoms with Gasteiger partial charge in [-0.1, -0.05) is 24.3 Å². The Morgan fingerprint density at radius 1 is 1.05 bits per heavy atom. The summed E-state index contributed by atoms with van der Waals surface area (Å²) >= 11 is 0. The molecule has 0 saturated heterocycles. The summed E-state index contributed by atoms with van der Waals surface area (Å²) in [5.74, 6) is 0.570. The van der Waals surface area contributed by atoms with Gasteiger partial charge in [-0.15, -0.1) is 0 Å². The van der Waals surface area contributed by atoms with Gasteiger partial charge in [-0.25, -0.2) is 9.37 Å². The summed E-state index contributed by atoms with van der Waals surface area (Å²) in [7, 11) is 0. The van der Waals surface area contributed by atoms with E-state index in [1.165, 1.54) is 12.1 Å². The van der Waals surface area contributed by atoms with E-state index in [-0.39, 0.29) is 5.82 Å². The molecule has 2 N–H and O–H groups in total. The van der Waals surface area contributed by atoms with E-state index in [4.69, 9.17) is 5.73 Å². The smallest absolute Gasteiger partial charge is 0.141 e. The third kappa shape index (κ3) is 2.81. The topological polar surface area (TPSA) is 43.8 Å². The molecule has 0 aliphatic rings. The molecule has 1 heterocycles. The number of benzene rings is 2. The van der Waals surface area contributed by atoms with E-state index < -0.39 is 0 Å². The molecule has 0 fully saturated rings. The maximum atomic E-state index is 13.5. The normalized spacial score (nSPS) is 11.1. The van der Waals surface area contributed by atoms with Gasteiger partial charge in [0.1, 0.15) is 11.6 Å². The van der Waals surface area contributed by atoms with E-state index >= 15 is 0 Å². The molecule has 4 heteroatoms. The molecule has 3 aromatic rings. The number of hydrogen-bond donors (Lipinski definition) is 1. The highest BCUT2D eigenvalue weighted by molar-refractivity contribution is 5.80. The van der Waals surface area contributed by atoms with Crippen LogP contribution >= 0.6 is 0 Å². The minimum Gasteiger partial charge on any atom is -0.330 e. The van der Waals surface area contributed by atoms with E-state index in [1.54, 1.807) is 6.07 Å². The molecular weight excluding hydrogens is 265 g/mol. The Hall–Kier alpha value is -2.20. The van der Waals surface area contributed by atoms with Crippen LogP contribution < -0.4 is 5.73 Å². The highest BCUT2D eigenvalue weighted by Gasteiger charge is 2.12. The van der Waals surface area contributed by atoms with Crippen molar-refractivity contribution in [2.75, 3.05) is 6.54 Å². The number of para-hydroxylation sites is 2. The van der Waals surface area contributed by atoms with E-state index in [0.717, 1.165) is 41.8 Å². The van der Waals surface area contributed by atoms with Gasteiger partial charge < -0.3 is 10.3 Å². The molecule has 0 spiro atoms. The molecule has 0 amide bonds. The van der Waals surface area contributed by atoms with Crippen molar-refractivity contribution in [2.24, 2.45) is 5.73 Å². The van der Waals surface area contributed by atoms with Gasteiger partial charge in [-0.3, -0.25) is 0 Å². The fraction of sp³-hybridized carbons (Fsp3) is 0.235. The zero-order chi connectivity index (χ0) is 14.7. The lowest BCUT2D eigenvalue weighted by molar-refractivity contribution is 0.623. The quantitative estimate of drug-likeness (QED) is 0.727. The van der Waals surface area contributed by atoms with Crippen molar-refractivity contribution in [1.82, 2.24) is 9.55 Å². The second-order valence-corrected chi connectivity index (χ2v) is 5.08. The van der Waals surface area contributed by atoms with Crippen LogP contribution in [0.15, 0.2) is 48.5 Å². The summed E-state index contributed by atoms with van der Waals surface area (Å²) in [5.41, 5.74) is 8.39. The van der Waals surface area contributed by atoms with Gasteiger partial charge in [-0.05, 0) is 43.7 Å². The third-order valence-electron chi connectivity index (χ3n) is 3.57. The number of unbranched alkanes of at least 4 members (excludes halogenated alkanes) is 1. The lowest BCUT2D eigenvalue weighted by Gasteiger charge is -2.09. The summed E-state index contributed by atoms with van der Waals surface area (Å²) in [4.78, 5) is 4.67. The van der Waals surface area contributed by atoms with Gasteiger partial charge in [0.2, 0.25) is 0 Å². The molecule has 108 valence electrons. The fourth-order valence-electron chi connectivity index (χ4n) is 2.56. The van der Waals surface area contributed by atoms with E-state index in [2.05, 4.69) is 9.55 Å². The van der Waals surface area contributed by atoms with Crippen LogP contribution in [0.5, 0.6) is 0 Å². The molecule has 0 bridgehead atoms. The fourth-order valence-corrected chi connectivity index (χ4v) is 2.56. The van der Waals surface area contributed by atoms with Gasteiger partial charge >= 0.3 is 0 Å². The molecule has 0 atom stereocenters.